The van der Waals surface area contributed by atoms with Crippen molar-refractivity contribution in [1.29, 1.82) is 0 Å². The predicted octanol–water partition coefficient (Wildman–Crippen LogP) is 3.76. The second-order valence-electron chi connectivity index (χ2n) is 8.77. The normalized spacial score (nSPS) is 23.2. The zero-order chi connectivity index (χ0) is 21.0. The van der Waals surface area contributed by atoms with Crippen LogP contribution in [0.5, 0.6) is 0 Å². The lowest BCUT2D eigenvalue weighted by atomic mass is 9.77. The van der Waals surface area contributed by atoms with Crippen LogP contribution in [0, 0.1) is 11.7 Å². The minimum absolute atomic E-state index is 0.0422. The van der Waals surface area contributed by atoms with E-state index in [1.54, 1.807) is 0 Å². The van der Waals surface area contributed by atoms with Crippen molar-refractivity contribution < 1.29 is 14.0 Å². The summed E-state index contributed by atoms with van der Waals surface area (Å²) in [5.41, 5.74) is 0.286. The number of hydrogen-bond donors (Lipinski definition) is 2. The highest BCUT2D eigenvalue weighted by atomic mass is 35.5. The van der Waals surface area contributed by atoms with Crippen LogP contribution < -0.4 is 10.6 Å². The van der Waals surface area contributed by atoms with Crippen LogP contribution >= 0.6 is 11.6 Å². The summed E-state index contributed by atoms with van der Waals surface area (Å²) in [5, 5.41) is 6.51. The lowest BCUT2D eigenvalue weighted by molar-refractivity contribution is -0.137. The first-order chi connectivity index (χ1) is 13.8. The number of nitrogens with one attached hydrogen (secondary N) is 2. The van der Waals surface area contributed by atoms with Gasteiger partial charge in [-0.3, -0.25) is 9.59 Å². The van der Waals surface area contributed by atoms with Crippen LogP contribution in [0.3, 0.4) is 0 Å². The highest BCUT2D eigenvalue weighted by Crippen LogP contribution is 2.36. The van der Waals surface area contributed by atoms with Crippen LogP contribution in [0.4, 0.5) is 4.39 Å². The van der Waals surface area contributed by atoms with Crippen molar-refractivity contribution in [1.82, 2.24) is 15.5 Å². The van der Waals surface area contributed by atoms with Crippen molar-refractivity contribution in [3.8, 4) is 0 Å². The van der Waals surface area contributed by atoms with Gasteiger partial charge in [-0.2, -0.15) is 0 Å². The molecule has 3 rings (SSSR count). The number of rotatable bonds is 7. The third-order valence-corrected chi connectivity index (χ3v) is 6.90. The molecule has 1 aromatic carbocycles. The topological polar surface area (TPSA) is 61.4 Å². The molecule has 2 aliphatic carbocycles. The third kappa shape index (κ3) is 5.70. The molecule has 2 saturated carbocycles. The summed E-state index contributed by atoms with van der Waals surface area (Å²) >= 11 is 5.81. The monoisotopic (exact) mass is 423 g/mol. The van der Waals surface area contributed by atoms with Gasteiger partial charge in [0, 0.05) is 35.8 Å². The molecule has 0 radical (unpaired) electrons. The molecule has 0 saturated heterocycles. The average Bonchev–Trinajstić information content (AvgIpc) is 2.67. The Balaban J connectivity index is 1.36. The van der Waals surface area contributed by atoms with E-state index >= 15 is 0 Å². The standard InChI is InChI=1S/C22H31ClFN3O2/c1-22(8-3-9-22)27(2)20(28)14-25-19-6-4-15(5-7-19)13-26-21(29)16-10-17(23)12-18(24)11-16/h10-12,15,19,25H,3-9,13-14H2,1-2H3,(H,26,29). The van der Waals surface area contributed by atoms with Gasteiger partial charge in [-0.05, 0) is 76.0 Å². The van der Waals surface area contributed by atoms with Gasteiger partial charge >= 0.3 is 0 Å². The SMILES string of the molecule is CN(C(=O)CNC1CCC(CNC(=O)c2cc(F)cc(Cl)c2)CC1)C1(C)CCC1. The highest BCUT2D eigenvalue weighted by molar-refractivity contribution is 6.31. The second kappa shape index (κ2) is 9.43. The first-order valence-corrected chi connectivity index (χ1v) is 10.9. The van der Waals surface area contributed by atoms with Crippen molar-refractivity contribution in [2.45, 2.75) is 63.5 Å². The molecule has 2 N–H and O–H groups in total. The number of halogens is 2. The molecule has 0 bridgehead atoms. The number of carbonyl (C=O) groups is 2. The molecule has 0 aromatic heterocycles. The molecule has 0 atom stereocenters. The highest BCUT2D eigenvalue weighted by Gasteiger charge is 2.38. The fourth-order valence-corrected chi connectivity index (χ4v) is 4.49. The van der Waals surface area contributed by atoms with Gasteiger partial charge in [-0.15, -0.1) is 0 Å². The summed E-state index contributed by atoms with van der Waals surface area (Å²) in [6.45, 7) is 3.11. The van der Waals surface area contributed by atoms with Gasteiger partial charge in [-0.25, -0.2) is 4.39 Å². The summed E-state index contributed by atoms with van der Waals surface area (Å²) < 4.78 is 13.4. The molecule has 7 heteroatoms. The Morgan fingerprint density at radius 1 is 1.21 bits per heavy atom. The summed E-state index contributed by atoms with van der Waals surface area (Å²) in [6, 6.07) is 4.19. The Bertz CT molecular complexity index is 725. The van der Waals surface area contributed by atoms with E-state index in [4.69, 9.17) is 11.6 Å². The Morgan fingerprint density at radius 3 is 2.48 bits per heavy atom. The average molecular weight is 424 g/mol. The molecule has 2 aliphatic rings. The summed E-state index contributed by atoms with van der Waals surface area (Å²) in [5.74, 6) is -0.255. The molecule has 0 heterocycles. The van der Waals surface area contributed by atoms with Crippen LogP contribution in [0.15, 0.2) is 18.2 Å². The van der Waals surface area contributed by atoms with E-state index in [-0.39, 0.29) is 27.9 Å². The van der Waals surface area contributed by atoms with E-state index in [0.29, 0.717) is 25.0 Å². The molecule has 29 heavy (non-hydrogen) atoms. The third-order valence-electron chi connectivity index (χ3n) is 6.68. The minimum atomic E-state index is -0.513. The maximum Gasteiger partial charge on any atom is 0.251 e. The number of benzene rings is 1. The number of amides is 2. The van der Waals surface area contributed by atoms with Gasteiger partial charge < -0.3 is 15.5 Å². The Hall–Kier alpha value is -1.66. The van der Waals surface area contributed by atoms with E-state index < -0.39 is 5.82 Å². The van der Waals surface area contributed by atoms with Crippen molar-refractivity contribution >= 4 is 23.4 Å². The van der Waals surface area contributed by atoms with Gasteiger partial charge in [0.05, 0.1) is 6.54 Å². The predicted molar refractivity (Wildman–Crippen MR) is 113 cm³/mol. The lowest BCUT2D eigenvalue weighted by Gasteiger charge is -2.46. The van der Waals surface area contributed by atoms with Crippen molar-refractivity contribution in [2.75, 3.05) is 20.1 Å². The molecule has 160 valence electrons. The fourth-order valence-electron chi connectivity index (χ4n) is 4.27. The van der Waals surface area contributed by atoms with Crippen molar-refractivity contribution in [3.05, 3.63) is 34.6 Å². The molecule has 0 unspecified atom stereocenters. The minimum Gasteiger partial charge on any atom is -0.352 e. The van der Waals surface area contributed by atoms with Crippen LogP contribution in [0.2, 0.25) is 5.02 Å². The molecule has 1 aromatic rings. The van der Waals surface area contributed by atoms with Crippen LogP contribution in [-0.4, -0.2) is 48.4 Å². The second-order valence-corrected chi connectivity index (χ2v) is 9.21. The Kier molecular flexibility index (Phi) is 7.17. The summed E-state index contributed by atoms with van der Waals surface area (Å²) in [6.07, 6.45) is 7.34. The quantitative estimate of drug-likeness (QED) is 0.702. The Labute approximate surface area is 177 Å². The lowest BCUT2D eigenvalue weighted by Crippen LogP contribution is -2.54. The summed E-state index contributed by atoms with van der Waals surface area (Å²) in [4.78, 5) is 26.6. The van der Waals surface area contributed by atoms with E-state index in [1.807, 2.05) is 11.9 Å². The van der Waals surface area contributed by atoms with E-state index in [1.165, 1.54) is 24.6 Å². The van der Waals surface area contributed by atoms with Gasteiger partial charge in [0.1, 0.15) is 5.82 Å². The summed E-state index contributed by atoms with van der Waals surface area (Å²) in [7, 11) is 1.91. The number of likely N-dealkylation sites (N-methyl/N-ethyl adjacent to an activating group) is 1. The van der Waals surface area contributed by atoms with Crippen LogP contribution in [0.25, 0.3) is 0 Å². The van der Waals surface area contributed by atoms with Crippen LogP contribution in [0.1, 0.15) is 62.2 Å². The fraction of sp³-hybridized carbons (Fsp3) is 0.636. The maximum atomic E-state index is 13.4. The van der Waals surface area contributed by atoms with Gasteiger partial charge in [0.25, 0.3) is 5.91 Å². The van der Waals surface area contributed by atoms with Crippen molar-refractivity contribution in [2.24, 2.45) is 5.92 Å². The van der Waals surface area contributed by atoms with Crippen molar-refractivity contribution in [3.63, 3.8) is 0 Å². The van der Waals surface area contributed by atoms with Crippen LogP contribution in [-0.2, 0) is 4.79 Å². The molecular weight excluding hydrogens is 393 g/mol. The first kappa shape index (κ1) is 22.0. The zero-order valence-corrected chi connectivity index (χ0v) is 18.0. The van der Waals surface area contributed by atoms with E-state index in [2.05, 4.69) is 17.6 Å². The van der Waals surface area contributed by atoms with Gasteiger partial charge in [0.15, 0.2) is 0 Å². The molecule has 0 aliphatic heterocycles. The molecular formula is C22H31ClFN3O2. The van der Waals surface area contributed by atoms with Gasteiger partial charge in [-0.1, -0.05) is 11.6 Å². The smallest absolute Gasteiger partial charge is 0.251 e. The largest absolute Gasteiger partial charge is 0.352 e. The molecule has 2 amide bonds. The first-order valence-electron chi connectivity index (χ1n) is 10.5. The molecule has 0 spiro atoms. The number of carbonyl (C=O) groups excluding carboxylic acids is 2. The number of hydrogen-bond acceptors (Lipinski definition) is 3. The maximum absolute atomic E-state index is 13.4. The Morgan fingerprint density at radius 2 is 1.90 bits per heavy atom. The van der Waals surface area contributed by atoms with E-state index in [9.17, 15) is 14.0 Å². The van der Waals surface area contributed by atoms with E-state index in [0.717, 1.165) is 38.5 Å². The van der Waals surface area contributed by atoms with Gasteiger partial charge in [0.2, 0.25) is 5.91 Å². The zero-order valence-electron chi connectivity index (χ0n) is 17.3. The molecule has 2 fully saturated rings. The number of nitrogens with zero attached hydrogens (tertiary/aromatic N) is 1. The molecule has 5 nitrogen and oxygen atoms in total.